The maximum Gasteiger partial charge on any atom is 0.150 e. The van der Waals surface area contributed by atoms with Gasteiger partial charge in [0.15, 0.2) is 0 Å². The normalized spacial score (nSPS) is 16.8. The third-order valence-corrected chi connectivity index (χ3v) is 10.3. The maximum absolute atomic E-state index is 9.43. The number of fused-ring (bicyclic) bond motifs is 2. The average Bonchev–Trinajstić information content (AvgIpc) is 3.55. The second-order valence-corrected chi connectivity index (χ2v) is 12.5. The van der Waals surface area contributed by atoms with E-state index in [0.717, 1.165) is 77.3 Å². The van der Waals surface area contributed by atoms with Crippen LogP contribution in [0.25, 0.3) is 27.8 Å². The second-order valence-electron chi connectivity index (χ2n) is 10.2. The van der Waals surface area contributed by atoms with Gasteiger partial charge in [0, 0.05) is 47.2 Å². The van der Waals surface area contributed by atoms with E-state index in [1.807, 2.05) is 18.3 Å². The molecule has 0 amide bonds. The summed E-state index contributed by atoms with van der Waals surface area (Å²) in [5.74, 6) is 6.26. The van der Waals surface area contributed by atoms with Crippen molar-refractivity contribution in [1.29, 1.82) is 4.78 Å². The van der Waals surface area contributed by atoms with Crippen LogP contribution in [-0.2, 0) is 22.4 Å². The van der Waals surface area contributed by atoms with Crippen molar-refractivity contribution in [2.75, 3.05) is 18.8 Å². The van der Waals surface area contributed by atoms with Crippen molar-refractivity contribution in [3.8, 4) is 11.4 Å². The number of nitrogens with two attached hydrogens (primary N) is 1. The lowest BCUT2D eigenvalue weighted by Crippen LogP contribution is -2.38. The molecule has 0 saturated carbocycles. The summed E-state index contributed by atoms with van der Waals surface area (Å²) in [4.78, 5) is 14.2. The molecule has 1 aliphatic rings. The number of aromatic nitrogens is 4. The van der Waals surface area contributed by atoms with Crippen LogP contribution in [0.4, 0.5) is 5.82 Å². The van der Waals surface area contributed by atoms with Gasteiger partial charge in [0.05, 0.1) is 5.69 Å². The highest BCUT2D eigenvalue weighted by atomic mass is 32.2. The highest BCUT2D eigenvalue weighted by molar-refractivity contribution is 7.99. The fourth-order valence-corrected chi connectivity index (χ4v) is 7.86. The molecule has 7 nitrogen and oxygen atoms in total. The minimum Gasteiger partial charge on any atom is -0.382 e. The highest BCUT2D eigenvalue weighted by Crippen LogP contribution is 2.36. The lowest BCUT2D eigenvalue weighted by molar-refractivity contribution is 0.333. The molecule has 1 fully saturated rings. The third kappa shape index (κ3) is 4.08. The quantitative estimate of drug-likeness (QED) is 0.234. The van der Waals surface area contributed by atoms with Crippen LogP contribution in [0.1, 0.15) is 49.6 Å². The number of nitrogens with one attached hydrogen (secondary N) is 2. The number of H-pyrrole nitrogens is 1. The van der Waals surface area contributed by atoms with Crippen LogP contribution < -0.4 is 5.73 Å². The van der Waals surface area contributed by atoms with Crippen molar-refractivity contribution < 1.29 is 0 Å². The number of nitrogens with zero attached hydrogens (tertiary/aromatic N) is 4. The summed E-state index contributed by atoms with van der Waals surface area (Å²) in [6, 6.07) is 17.0. The summed E-state index contributed by atoms with van der Waals surface area (Å²) in [7, 11) is -2.07. The third-order valence-electron chi connectivity index (χ3n) is 7.94. The Balaban J connectivity index is 1.32. The van der Waals surface area contributed by atoms with E-state index in [1.165, 1.54) is 11.1 Å². The zero-order valence-electron chi connectivity index (χ0n) is 22.1. The van der Waals surface area contributed by atoms with Gasteiger partial charge in [-0.2, -0.15) is 0 Å². The van der Waals surface area contributed by atoms with Gasteiger partial charge in [-0.25, -0.2) is 14.3 Å². The summed E-state index contributed by atoms with van der Waals surface area (Å²) in [6.07, 6.45) is 7.46. The fraction of sp³-hybridized carbons (Fsp3) is 0.300. The van der Waals surface area contributed by atoms with Gasteiger partial charge in [-0.1, -0.05) is 53.8 Å². The average molecular weight is 526 g/mol. The monoisotopic (exact) mass is 525 g/mol. The van der Waals surface area contributed by atoms with E-state index < -0.39 is 9.60 Å². The minimum absolute atomic E-state index is 0.265. The molecule has 196 valence electrons. The Kier molecular flexibility index (Phi) is 6.24. The Hall–Kier alpha value is -3.62. The molecule has 0 radical (unpaired) electrons. The Labute approximate surface area is 224 Å². The first-order valence-corrected chi connectivity index (χ1v) is 15.1. The number of hydrogen-bond donors (Lipinski definition) is 3. The van der Waals surface area contributed by atoms with Gasteiger partial charge < -0.3 is 10.7 Å². The number of para-hydroxylation sites is 1. The molecule has 2 aromatic carbocycles. The van der Waals surface area contributed by atoms with Crippen LogP contribution in [0, 0.1) is 4.78 Å². The van der Waals surface area contributed by atoms with Crippen molar-refractivity contribution in [1.82, 2.24) is 23.7 Å². The lowest BCUT2D eigenvalue weighted by Gasteiger charge is -2.36. The van der Waals surface area contributed by atoms with E-state index in [2.05, 4.69) is 74.8 Å². The standard InChI is InChI=1S/C30H35N7S/c1-4-20-10-11-21(5-2)26(18-20)38(3,32)36-15-12-22(13-16-36)30-35-27(28-29(31)33-14-17-37(28)30)25-19-23-8-6-7-9-24(23)34-25/h6-11,14,17-19,22,32,34H,3-5,12-13,15-16H2,1-2H3,(H2,31,33). The number of anilines is 1. The number of imidazole rings is 1. The molecule has 6 rings (SSSR count). The van der Waals surface area contributed by atoms with Crippen molar-refractivity contribution in [3.05, 3.63) is 77.9 Å². The van der Waals surface area contributed by atoms with Gasteiger partial charge >= 0.3 is 0 Å². The van der Waals surface area contributed by atoms with Crippen LogP contribution >= 0.6 is 0 Å². The van der Waals surface area contributed by atoms with Crippen molar-refractivity contribution in [2.45, 2.75) is 50.3 Å². The predicted octanol–water partition coefficient (Wildman–Crippen LogP) is 6.09. The molecule has 3 aromatic heterocycles. The zero-order valence-corrected chi connectivity index (χ0v) is 22.9. The maximum atomic E-state index is 9.43. The van der Waals surface area contributed by atoms with Crippen LogP contribution in [0.2, 0.25) is 0 Å². The molecule has 0 aliphatic carbocycles. The van der Waals surface area contributed by atoms with Crippen molar-refractivity contribution >= 4 is 37.7 Å². The van der Waals surface area contributed by atoms with Crippen LogP contribution in [-0.4, -0.2) is 42.6 Å². The molecule has 1 saturated heterocycles. The highest BCUT2D eigenvalue weighted by Gasteiger charge is 2.29. The summed E-state index contributed by atoms with van der Waals surface area (Å²) in [5, 5.41) is 1.14. The molecule has 8 heteroatoms. The molecular formula is C30H35N7S. The molecular weight excluding hydrogens is 490 g/mol. The molecule has 1 atom stereocenters. The molecule has 1 unspecified atom stereocenters. The number of rotatable bonds is 6. The van der Waals surface area contributed by atoms with Gasteiger partial charge in [0.25, 0.3) is 0 Å². The smallest absolute Gasteiger partial charge is 0.150 e. The number of nitrogen functional groups attached to an aromatic ring is 1. The summed E-state index contributed by atoms with van der Waals surface area (Å²) >= 11 is 0. The number of hydrogen-bond acceptors (Lipinski definition) is 4. The number of benzene rings is 2. The van der Waals surface area contributed by atoms with Gasteiger partial charge in [-0.3, -0.25) is 9.18 Å². The van der Waals surface area contributed by atoms with Crippen molar-refractivity contribution in [3.63, 3.8) is 0 Å². The summed E-state index contributed by atoms with van der Waals surface area (Å²) in [6.45, 7) is 5.98. The first-order chi connectivity index (χ1) is 18.4. The number of aromatic amines is 1. The minimum atomic E-state index is -2.07. The van der Waals surface area contributed by atoms with E-state index in [-0.39, 0.29) is 5.92 Å². The van der Waals surface area contributed by atoms with E-state index in [4.69, 9.17) is 10.7 Å². The van der Waals surface area contributed by atoms with Crippen LogP contribution in [0.5, 0.6) is 0 Å². The summed E-state index contributed by atoms with van der Waals surface area (Å²) < 4.78 is 13.9. The first kappa shape index (κ1) is 24.7. The van der Waals surface area contributed by atoms with Gasteiger partial charge in [0.2, 0.25) is 0 Å². The van der Waals surface area contributed by atoms with E-state index in [0.29, 0.717) is 5.82 Å². The summed E-state index contributed by atoms with van der Waals surface area (Å²) in [5.41, 5.74) is 12.6. The first-order valence-electron chi connectivity index (χ1n) is 13.4. The van der Waals surface area contributed by atoms with Gasteiger partial charge in [0.1, 0.15) is 22.9 Å². The van der Waals surface area contributed by atoms with Crippen LogP contribution in [0.3, 0.4) is 0 Å². The Morgan fingerprint density at radius 1 is 1.11 bits per heavy atom. The zero-order chi connectivity index (χ0) is 26.4. The largest absolute Gasteiger partial charge is 0.382 e. The molecule has 38 heavy (non-hydrogen) atoms. The van der Waals surface area contributed by atoms with E-state index >= 15 is 0 Å². The van der Waals surface area contributed by atoms with Gasteiger partial charge in [-0.15, -0.1) is 0 Å². The van der Waals surface area contributed by atoms with Crippen molar-refractivity contribution in [2.24, 2.45) is 0 Å². The number of piperidine rings is 1. The Morgan fingerprint density at radius 3 is 2.63 bits per heavy atom. The van der Waals surface area contributed by atoms with Crippen LogP contribution in [0.15, 0.2) is 65.8 Å². The lowest BCUT2D eigenvalue weighted by atomic mass is 9.97. The molecule has 4 N–H and O–H groups in total. The van der Waals surface area contributed by atoms with E-state index in [1.54, 1.807) is 6.20 Å². The molecule has 1 aliphatic heterocycles. The molecule has 5 aromatic rings. The predicted molar refractivity (Wildman–Crippen MR) is 159 cm³/mol. The SMILES string of the molecule is C=S(=N)(c1cc(CC)ccc1CC)N1CCC(c2nc(-c3cc4ccccc4[nH]3)c3c(N)nccn23)CC1. The van der Waals surface area contributed by atoms with E-state index in [9.17, 15) is 4.78 Å². The Bertz CT molecular complexity index is 1700. The Morgan fingerprint density at radius 2 is 1.89 bits per heavy atom. The van der Waals surface area contributed by atoms with Gasteiger partial charge in [-0.05, 0) is 60.9 Å². The topological polar surface area (TPSA) is 99.1 Å². The number of aryl methyl sites for hydroxylation is 2. The molecule has 4 heterocycles. The molecule has 0 bridgehead atoms. The second kappa shape index (κ2) is 9.60. The molecule has 0 spiro atoms. The fourth-order valence-electron chi connectivity index (χ4n) is 5.75.